The monoisotopic (exact) mass is 259 g/mol. The molecule has 0 amide bonds. The van der Waals surface area contributed by atoms with Crippen molar-refractivity contribution in [1.29, 1.82) is 0 Å². The van der Waals surface area contributed by atoms with Crippen molar-refractivity contribution in [2.75, 3.05) is 43.9 Å². The molecule has 3 rings (SSSR count). The van der Waals surface area contributed by atoms with E-state index >= 15 is 0 Å². The number of nitrogens with one attached hydrogen (secondary N) is 1. The van der Waals surface area contributed by atoms with E-state index in [0.29, 0.717) is 0 Å². The van der Waals surface area contributed by atoms with Gasteiger partial charge in [-0.25, -0.2) is 0 Å². The lowest BCUT2D eigenvalue weighted by molar-refractivity contribution is 0.249. The third-order valence-electron chi connectivity index (χ3n) is 4.61. The molecule has 1 fully saturated rings. The zero-order valence-electron chi connectivity index (χ0n) is 12.2. The van der Waals surface area contributed by atoms with Crippen LogP contribution in [-0.2, 0) is 6.42 Å². The van der Waals surface area contributed by atoms with Gasteiger partial charge in [-0.05, 0) is 57.5 Å². The number of rotatable bonds is 2. The molecule has 2 aliphatic rings. The molecule has 1 N–H and O–H groups in total. The van der Waals surface area contributed by atoms with Gasteiger partial charge in [0.1, 0.15) is 0 Å². The van der Waals surface area contributed by atoms with Gasteiger partial charge in [0.15, 0.2) is 0 Å². The lowest BCUT2D eigenvalue weighted by Gasteiger charge is -2.38. The van der Waals surface area contributed by atoms with Crippen LogP contribution in [0.2, 0.25) is 0 Å². The second-order valence-electron chi connectivity index (χ2n) is 6.02. The summed E-state index contributed by atoms with van der Waals surface area (Å²) in [5.41, 5.74) is 4.37. The van der Waals surface area contributed by atoms with Gasteiger partial charge in [-0.15, -0.1) is 0 Å². The summed E-state index contributed by atoms with van der Waals surface area (Å²) in [4.78, 5) is 4.96. The predicted octanol–water partition coefficient (Wildman–Crippen LogP) is 2.58. The second kappa shape index (κ2) is 5.41. The van der Waals surface area contributed by atoms with E-state index in [-0.39, 0.29) is 0 Å². The van der Waals surface area contributed by atoms with E-state index in [1.807, 2.05) is 0 Å². The highest BCUT2D eigenvalue weighted by Gasteiger charge is 2.23. The smallest absolute Gasteiger partial charge is 0.0419 e. The van der Waals surface area contributed by atoms with Crippen molar-refractivity contribution in [2.45, 2.75) is 31.7 Å². The van der Waals surface area contributed by atoms with Crippen molar-refractivity contribution in [3.8, 4) is 0 Å². The zero-order valence-corrected chi connectivity index (χ0v) is 12.2. The summed E-state index contributed by atoms with van der Waals surface area (Å²) in [6.45, 7) is 3.51. The maximum Gasteiger partial charge on any atom is 0.0419 e. The molecule has 3 heteroatoms. The van der Waals surface area contributed by atoms with Crippen LogP contribution in [0.4, 0.5) is 11.4 Å². The van der Waals surface area contributed by atoms with Crippen LogP contribution >= 0.6 is 0 Å². The Morgan fingerprint density at radius 3 is 2.74 bits per heavy atom. The Morgan fingerprint density at radius 1 is 1.21 bits per heavy atom. The lowest BCUT2D eigenvalue weighted by atomic mass is 9.98. The first-order chi connectivity index (χ1) is 9.25. The summed E-state index contributed by atoms with van der Waals surface area (Å²) in [5.74, 6) is 0. The van der Waals surface area contributed by atoms with E-state index in [1.165, 1.54) is 55.7 Å². The molecule has 0 atom stereocenters. The standard InChI is InChI=1S/C16H25N3/c1-18(2)13-8-11-19(12-9-13)16-7-3-6-15-14(16)5-4-10-17-15/h3,6-7,13,17H,4-5,8-12H2,1-2H3. The number of hydrogen-bond donors (Lipinski definition) is 1. The maximum absolute atomic E-state index is 3.53. The molecule has 2 heterocycles. The van der Waals surface area contributed by atoms with E-state index in [1.54, 1.807) is 0 Å². The van der Waals surface area contributed by atoms with Crippen molar-refractivity contribution in [2.24, 2.45) is 0 Å². The molecule has 1 saturated heterocycles. The van der Waals surface area contributed by atoms with Gasteiger partial charge >= 0.3 is 0 Å². The Labute approximate surface area is 116 Å². The van der Waals surface area contributed by atoms with E-state index in [4.69, 9.17) is 0 Å². The highest BCUT2D eigenvalue weighted by molar-refractivity contribution is 5.68. The number of benzene rings is 1. The van der Waals surface area contributed by atoms with Crippen LogP contribution in [0.3, 0.4) is 0 Å². The molecular formula is C16H25N3. The van der Waals surface area contributed by atoms with Gasteiger partial charge in [0.25, 0.3) is 0 Å². The average Bonchev–Trinajstić information content (AvgIpc) is 2.47. The molecule has 19 heavy (non-hydrogen) atoms. The first kappa shape index (κ1) is 12.8. The molecule has 0 radical (unpaired) electrons. The quantitative estimate of drug-likeness (QED) is 0.880. The molecule has 0 bridgehead atoms. The first-order valence-electron chi connectivity index (χ1n) is 7.53. The molecule has 3 nitrogen and oxygen atoms in total. The van der Waals surface area contributed by atoms with Gasteiger partial charge in [-0.1, -0.05) is 6.07 Å². The number of anilines is 2. The van der Waals surface area contributed by atoms with Crippen molar-refractivity contribution < 1.29 is 0 Å². The van der Waals surface area contributed by atoms with Gasteiger partial charge in [-0.3, -0.25) is 0 Å². The highest BCUT2D eigenvalue weighted by Crippen LogP contribution is 2.33. The van der Waals surface area contributed by atoms with Crippen LogP contribution in [0, 0.1) is 0 Å². The molecule has 0 aliphatic carbocycles. The van der Waals surface area contributed by atoms with Crippen LogP contribution in [-0.4, -0.2) is 44.7 Å². The number of piperidine rings is 1. The average molecular weight is 259 g/mol. The summed E-state index contributed by atoms with van der Waals surface area (Å²) in [5, 5.41) is 3.53. The van der Waals surface area contributed by atoms with Gasteiger partial charge in [-0.2, -0.15) is 0 Å². The minimum atomic E-state index is 0.758. The fraction of sp³-hybridized carbons (Fsp3) is 0.625. The van der Waals surface area contributed by atoms with Gasteiger partial charge in [0, 0.05) is 37.1 Å². The minimum absolute atomic E-state index is 0.758. The van der Waals surface area contributed by atoms with Crippen LogP contribution in [0.1, 0.15) is 24.8 Å². The van der Waals surface area contributed by atoms with Gasteiger partial charge < -0.3 is 15.1 Å². The zero-order chi connectivity index (χ0) is 13.2. The molecule has 0 saturated carbocycles. The number of fused-ring (bicyclic) bond motifs is 1. The largest absolute Gasteiger partial charge is 0.385 e. The maximum atomic E-state index is 3.53. The third-order valence-corrected chi connectivity index (χ3v) is 4.61. The van der Waals surface area contributed by atoms with Crippen molar-refractivity contribution in [1.82, 2.24) is 4.90 Å². The minimum Gasteiger partial charge on any atom is -0.385 e. The molecule has 0 aromatic heterocycles. The normalized spacial score (nSPS) is 20.3. The van der Waals surface area contributed by atoms with Gasteiger partial charge in [0.05, 0.1) is 0 Å². The van der Waals surface area contributed by atoms with Crippen molar-refractivity contribution in [3.05, 3.63) is 23.8 Å². The summed E-state index contributed by atoms with van der Waals surface area (Å²) < 4.78 is 0. The molecule has 0 unspecified atom stereocenters. The number of nitrogens with zero attached hydrogens (tertiary/aromatic N) is 2. The topological polar surface area (TPSA) is 18.5 Å². The SMILES string of the molecule is CN(C)C1CCN(c2cccc3c2CCCN3)CC1. The molecule has 2 aliphatic heterocycles. The first-order valence-corrected chi connectivity index (χ1v) is 7.53. The van der Waals surface area contributed by atoms with Gasteiger partial charge in [0.2, 0.25) is 0 Å². The Bertz CT molecular complexity index is 434. The van der Waals surface area contributed by atoms with E-state index in [9.17, 15) is 0 Å². The van der Waals surface area contributed by atoms with E-state index < -0.39 is 0 Å². The predicted molar refractivity (Wildman–Crippen MR) is 82.2 cm³/mol. The van der Waals surface area contributed by atoms with E-state index in [2.05, 4.69) is 47.4 Å². The van der Waals surface area contributed by atoms with Crippen LogP contribution < -0.4 is 10.2 Å². The Balaban J connectivity index is 1.77. The molecule has 1 aromatic carbocycles. The highest BCUT2D eigenvalue weighted by atomic mass is 15.2. The number of hydrogen-bond acceptors (Lipinski definition) is 3. The van der Waals surface area contributed by atoms with Crippen LogP contribution in [0.5, 0.6) is 0 Å². The fourth-order valence-corrected chi connectivity index (χ4v) is 3.41. The Hall–Kier alpha value is -1.22. The molecule has 104 valence electrons. The Kier molecular flexibility index (Phi) is 3.65. The van der Waals surface area contributed by atoms with Crippen molar-refractivity contribution >= 4 is 11.4 Å². The fourth-order valence-electron chi connectivity index (χ4n) is 3.41. The summed E-state index contributed by atoms with van der Waals surface area (Å²) in [7, 11) is 4.41. The van der Waals surface area contributed by atoms with Crippen LogP contribution in [0.15, 0.2) is 18.2 Å². The third kappa shape index (κ3) is 2.57. The summed E-state index contributed by atoms with van der Waals surface area (Å²) in [6.07, 6.45) is 5.05. The summed E-state index contributed by atoms with van der Waals surface area (Å²) in [6, 6.07) is 7.49. The Morgan fingerprint density at radius 2 is 2.00 bits per heavy atom. The molecule has 1 aromatic rings. The van der Waals surface area contributed by atoms with E-state index in [0.717, 1.165) is 12.6 Å². The second-order valence-corrected chi connectivity index (χ2v) is 6.02. The van der Waals surface area contributed by atoms with Crippen molar-refractivity contribution in [3.63, 3.8) is 0 Å². The summed E-state index contributed by atoms with van der Waals surface area (Å²) >= 11 is 0. The molecular weight excluding hydrogens is 234 g/mol. The molecule has 0 spiro atoms. The lowest BCUT2D eigenvalue weighted by Crippen LogP contribution is -2.42. The van der Waals surface area contributed by atoms with Crippen LogP contribution in [0.25, 0.3) is 0 Å².